The summed E-state index contributed by atoms with van der Waals surface area (Å²) in [6, 6.07) is 0.709. The molecule has 0 amide bonds. The molecule has 0 aliphatic carbocycles. The van der Waals surface area contributed by atoms with Gasteiger partial charge in [-0.15, -0.1) is 0 Å². The van der Waals surface area contributed by atoms with Crippen LogP contribution in [0.5, 0.6) is 0 Å². The van der Waals surface area contributed by atoms with Crippen molar-refractivity contribution in [3.05, 3.63) is 12.4 Å². The highest BCUT2D eigenvalue weighted by Crippen LogP contribution is 2.36. The molecule has 0 saturated carbocycles. The summed E-state index contributed by atoms with van der Waals surface area (Å²) in [6.45, 7) is 15.4. The van der Waals surface area contributed by atoms with E-state index in [1.54, 1.807) is 0 Å². The molecular weight excluding hydrogens is 367 g/mol. The zero-order valence-electron chi connectivity index (χ0n) is 18.9. The van der Waals surface area contributed by atoms with Crippen molar-refractivity contribution in [2.75, 3.05) is 31.1 Å². The first-order valence-electron chi connectivity index (χ1n) is 10.9. The van der Waals surface area contributed by atoms with Gasteiger partial charge in [0.25, 0.3) is 0 Å². The van der Waals surface area contributed by atoms with Crippen LogP contribution in [0.3, 0.4) is 0 Å². The minimum Gasteiger partial charge on any atom is -0.399 e. The molecule has 1 N–H and O–H groups in total. The van der Waals surface area contributed by atoms with Crippen LogP contribution in [-0.2, 0) is 9.31 Å². The Balaban J connectivity index is 1.72. The molecule has 1 aromatic heterocycles. The standard InChI is InChI=1S/C21H37BN4O3/c1-16(2)26(15-18-9-7-8-10-25(18)11-12-27)19-23-13-17(14-24-19)22-28-20(3,4)21(5,6)29-22/h13-14,16,18,27H,7-12,15H2,1-6H3/t18-/m0/s1. The predicted octanol–water partition coefficient (Wildman–Crippen LogP) is 1.84. The quantitative estimate of drug-likeness (QED) is 0.696. The van der Waals surface area contributed by atoms with E-state index in [9.17, 15) is 5.11 Å². The van der Waals surface area contributed by atoms with Gasteiger partial charge in [0.15, 0.2) is 0 Å². The third kappa shape index (κ3) is 4.93. The zero-order chi connectivity index (χ0) is 21.2. The molecule has 0 aromatic carbocycles. The van der Waals surface area contributed by atoms with Gasteiger partial charge in [-0.2, -0.15) is 0 Å². The van der Waals surface area contributed by atoms with Gasteiger partial charge >= 0.3 is 7.12 Å². The van der Waals surface area contributed by atoms with E-state index in [4.69, 9.17) is 9.31 Å². The van der Waals surface area contributed by atoms with Gasteiger partial charge in [-0.3, -0.25) is 4.90 Å². The van der Waals surface area contributed by atoms with Crippen LogP contribution in [-0.4, -0.2) is 76.6 Å². The van der Waals surface area contributed by atoms with Crippen molar-refractivity contribution >= 4 is 18.5 Å². The Morgan fingerprint density at radius 1 is 1.17 bits per heavy atom. The summed E-state index contributed by atoms with van der Waals surface area (Å²) in [5.41, 5.74) is 0.0882. The highest BCUT2D eigenvalue weighted by molar-refractivity contribution is 6.61. The summed E-state index contributed by atoms with van der Waals surface area (Å²) < 4.78 is 12.2. The first-order chi connectivity index (χ1) is 13.6. The smallest absolute Gasteiger partial charge is 0.399 e. The molecule has 0 spiro atoms. The van der Waals surface area contributed by atoms with Crippen LogP contribution in [0.4, 0.5) is 5.95 Å². The Kier molecular flexibility index (Phi) is 6.88. The van der Waals surface area contributed by atoms with Gasteiger partial charge in [0.1, 0.15) is 0 Å². The molecule has 7 nitrogen and oxygen atoms in total. The Hall–Kier alpha value is -1.22. The molecule has 162 valence electrons. The number of rotatable bonds is 7. The van der Waals surface area contributed by atoms with E-state index in [0.29, 0.717) is 6.04 Å². The van der Waals surface area contributed by atoms with E-state index < -0.39 is 7.12 Å². The number of aromatic nitrogens is 2. The van der Waals surface area contributed by atoms with E-state index in [1.165, 1.54) is 12.8 Å². The van der Waals surface area contributed by atoms with Crippen LogP contribution >= 0.6 is 0 Å². The molecule has 2 aliphatic rings. The lowest BCUT2D eigenvalue weighted by molar-refractivity contribution is 0.00578. The van der Waals surface area contributed by atoms with E-state index in [2.05, 4.69) is 33.6 Å². The number of aliphatic hydroxyl groups is 1. The van der Waals surface area contributed by atoms with Gasteiger partial charge < -0.3 is 19.3 Å². The average Bonchev–Trinajstić information content (AvgIpc) is 2.88. The maximum Gasteiger partial charge on any atom is 0.498 e. The molecule has 0 radical (unpaired) electrons. The monoisotopic (exact) mass is 404 g/mol. The maximum atomic E-state index is 9.40. The van der Waals surface area contributed by atoms with Crippen LogP contribution in [0.25, 0.3) is 0 Å². The van der Waals surface area contributed by atoms with Gasteiger partial charge in [0.2, 0.25) is 5.95 Å². The lowest BCUT2D eigenvalue weighted by atomic mass is 9.81. The molecule has 2 fully saturated rings. The van der Waals surface area contributed by atoms with Gasteiger partial charge in [0, 0.05) is 43.0 Å². The highest BCUT2D eigenvalue weighted by Gasteiger charge is 2.52. The van der Waals surface area contributed by atoms with E-state index in [-0.39, 0.29) is 23.9 Å². The lowest BCUT2D eigenvalue weighted by Crippen LogP contribution is -2.50. The molecule has 29 heavy (non-hydrogen) atoms. The Bertz CT molecular complexity index is 650. The molecular formula is C21H37BN4O3. The fraction of sp³-hybridized carbons (Fsp3) is 0.810. The summed E-state index contributed by atoms with van der Waals surface area (Å²) in [5, 5.41) is 9.40. The number of hydrogen-bond acceptors (Lipinski definition) is 7. The summed E-state index contributed by atoms with van der Waals surface area (Å²) >= 11 is 0. The molecule has 0 bridgehead atoms. The van der Waals surface area contributed by atoms with Crippen LogP contribution in [0.1, 0.15) is 60.8 Å². The number of anilines is 1. The molecule has 0 unspecified atom stereocenters. The van der Waals surface area contributed by atoms with Crippen molar-refractivity contribution in [3.63, 3.8) is 0 Å². The Labute approximate surface area is 175 Å². The molecule has 8 heteroatoms. The van der Waals surface area contributed by atoms with Crippen LogP contribution in [0, 0.1) is 0 Å². The third-order valence-electron chi connectivity index (χ3n) is 6.61. The number of aliphatic hydroxyl groups excluding tert-OH is 1. The van der Waals surface area contributed by atoms with Crippen molar-refractivity contribution < 1.29 is 14.4 Å². The second-order valence-corrected chi connectivity index (χ2v) is 9.56. The molecule has 3 rings (SSSR count). The number of hydrogen-bond donors (Lipinski definition) is 1. The number of piperidine rings is 1. The van der Waals surface area contributed by atoms with Crippen molar-refractivity contribution in [2.45, 2.75) is 84.1 Å². The molecule has 2 saturated heterocycles. The van der Waals surface area contributed by atoms with E-state index in [0.717, 1.165) is 37.5 Å². The predicted molar refractivity (Wildman–Crippen MR) is 117 cm³/mol. The van der Waals surface area contributed by atoms with Gasteiger partial charge in [0.05, 0.1) is 17.8 Å². The highest BCUT2D eigenvalue weighted by atomic mass is 16.7. The second kappa shape index (κ2) is 8.88. The van der Waals surface area contributed by atoms with Crippen molar-refractivity contribution in [2.24, 2.45) is 0 Å². The lowest BCUT2D eigenvalue weighted by Gasteiger charge is -2.39. The normalized spacial score (nSPS) is 24.3. The summed E-state index contributed by atoms with van der Waals surface area (Å²) in [6.07, 6.45) is 7.24. The Morgan fingerprint density at radius 2 is 1.79 bits per heavy atom. The van der Waals surface area contributed by atoms with Gasteiger partial charge in [-0.05, 0) is 60.9 Å². The second-order valence-electron chi connectivity index (χ2n) is 9.56. The SMILES string of the molecule is CC(C)N(C[C@@H]1CCCCN1CCO)c1ncc(B2OC(C)(C)C(C)(C)O2)cn1. The van der Waals surface area contributed by atoms with Crippen LogP contribution in [0.2, 0.25) is 0 Å². The van der Waals surface area contributed by atoms with E-state index >= 15 is 0 Å². The third-order valence-corrected chi connectivity index (χ3v) is 6.61. The average molecular weight is 404 g/mol. The first kappa shape index (κ1) is 22.5. The molecule has 3 heterocycles. The molecule has 2 aliphatic heterocycles. The van der Waals surface area contributed by atoms with Crippen LogP contribution < -0.4 is 10.4 Å². The van der Waals surface area contributed by atoms with Gasteiger partial charge in [-0.25, -0.2) is 9.97 Å². The largest absolute Gasteiger partial charge is 0.498 e. The fourth-order valence-electron chi connectivity index (χ4n) is 4.02. The fourth-order valence-corrected chi connectivity index (χ4v) is 4.02. The van der Waals surface area contributed by atoms with Gasteiger partial charge in [-0.1, -0.05) is 6.42 Å². The minimum absolute atomic E-state index is 0.206. The topological polar surface area (TPSA) is 71.0 Å². The van der Waals surface area contributed by atoms with Crippen LogP contribution in [0.15, 0.2) is 12.4 Å². The Morgan fingerprint density at radius 3 is 2.34 bits per heavy atom. The van der Waals surface area contributed by atoms with Crippen molar-refractivity contribution in [3.8, 4) is 0 Å². The summed E-state index contributed by atoms with van der Waals surface area (Å²) in [5.74, 6) is 0.731. The summed E-state index contributed by atoms with van der Waals surface area (Å²) in [7, 11) is -0.444. The number of nitrogens with zero attached hydrogens (tertiary/aromatic N) is 4. The minimum atomic E-state index is -0.444. The van der Waals surface area contributed by atoms with Crippen molar-refractivity contribution in [1.82, 2.24) is 14.9 Å². The number of β-amino-alcohol motifs (C(OH)–C–C–N with tert-alkyl or cyclic N) is 1. The molecule has 1 atom stereocenters. The maximum absolute atomic E-state index is 9.40. The van der Waals surface area contributed by atoms with Crippen molar-refractivity contribution in [1.29, 1.82) is 0 Å². The van der Waals surface area contributed by atoms with E-state index in [1.807, 2.05) is 40.1 Å². The summed E-state index contributed by atoms with van der Waals surface area (Å²) in [4.78, 5) is 14.0. The zero-order valence-corrected chi connectivity index (χ0v) is 18.9. The molecule has 1 aromatic rings. The number of likely N-dealkylation sites (tertiary alicyclic amines) is 1. The first-order valence-corrected chi connectivity index (χ1v) is 10.9.